The lowest BCUT2D eigenvalue weighted by Gasteiger charge is -2.13. The highest BCUT2D eigenvalue weighted by Gasteiger charge is 2.24. The van der Waals surface area contributed by atoms with Crippen LogP contribution in [0.25, 0.3) is 182 Å². The van der Waals surface area contributed by atoms with Crippen LogP contribution in [-0.2, 0) is 0 Å². The molecular formula is C75H42N6O3. The number of fused-ring (bicyclic) bond motifs is 21. The number of hydrogen-bond acceptors (Lipinski definition) is 6. The smallest absolute Gasteiger partial charge is 0.164 e. The Morgan fingerprint density at radius 1 is 0.226 bits per heavy atom. The van der Waals surface area contributed by atoms with Crippen LogP contribution in [0, 0.1) is 0 Å². The highest BCUT2D eigenvalue weighted by molar-refractivity contribution is 6.27. The molecule has 84 heavy (non-hydrogen) atoms. The average molecular weight is 1080 g/mol. The first-order chi connectivity index (χ1) is 41.6. The summed E-state index contributed by atoms with van der Waals surface area (Å²) in [5.74, 6) is 1.67. The maximum atomic E-state index is 6.49. The first kappa shape index (κ1) is 45.2. The number of furan rings is 3. The fourth-order valence-electron chi connectivity index (χ4n) is 13.7. The Morgan fingerprint density at radius 3 is 0.952 bits per heavy atom. The van der Waals surface area contributed by atoms with Gasteiger partial charge in [-0.3, -0.25) is 0 Å². The van der Waals surface area contributed by atoms with Crippen LogP contribution < -0.4 is 0 Å². The van der Waals surface area contributed by atoms with Crippen LogP contribution in [0.4, 0.5) is 0 Å². The molecular weight excluding hydrogens is 1030 g/mol. The summed E-state index contributed by atoms with van der Waals surface area (Å²) in [6.45, 7) is 0. The predicted octanol–water partition coefficient (Wildman–Crippen LogP) is 19.9. The van der Waals surface area contributed by atoms with E-state index in [0.29, 0.717) is 17.5 Å². The molecule has 0 N–H and O–H groups in total. The minimum Gasteiger partial charge on any atom is -0.456 e. The highest BCUT2D eigenvalue weighted by Crippen LogP contribution is 2.45. The molecule has 19 aromatic rings. The van der Waals surface area contributed by atoms with E-state index in [2.05, 4.69) is 232 Å². The van der Waals surface area contributed by atoms with Crippen molar-refractivity contribution in [2.45, 2.75) is 0 Å². The normalized spacial score (nSPS) is 12.3. The SMILES string of the molecule is c1cc(-c2nc(-c3ccc(-n4c5ccccc5c5ccc6oc7ccccc7c6c54)cc3)nc(-c3ccc(-n4c5ccccc5c5ccc6oc7ccccc7c6c54)cc3)n2)cc(-n2c3ccccc3c3ccc4oc5ccccc5c4c32)c1. The van der Waals surface area contributed by atoms with Gasteiger partial charge in [0.15, 0.2) is 17.5 Å². The first-order valence-electron chi connectivity index (χ1n) is 28.2. The van der Waals surface area contributed by atoms with Crippen LogP contribution in [0.3, 0.4) is 0 Å². The second-order valence-corrected chi connectivity index (χ2v) is 21.8. The van der Waals surface area contributed by atoms with Crippen molar-refractivity contribution in [1.29, 1.82) is 0 Å². The van der Waals surface area contributed by atoms with Gasteiger partial charge in [-0.15, -0.1) is 0 Å². The highest BCUT2D eigenvalue weighted by atomic mass is 16.3. The molecule has 390 valence electrons. The molecule has 0 radical (unpaired) electrons. The molecule has 12 aromatic carbocycles. The first-order valence-corrected chi connectivity index (χ1v) is 28.2. The second-order valence-electron chi connectivity index (χ2n) is 21.8. The zero-order valence-electron chi connectivity index (χ0n) is 44.7. The maximum Gasteiger partial charge on any atom is 0.164 e. The van der Waals surface area contributed by atoms with Gasteiger partial charge in [0.1, 0.15) is 33.5 Å². The quantitative estimate of drug-likeness (QED) is 0.165. The summed E-state index contributed by atoms with van der Waals surface area (Å²) < 4.78 is 26.5. The van der Waals surface area contributed by atoms with E-state index < -0.39 is 0 Å². The zero-order chi connectivity index (χ0) is 54.7. The van der Waals surface area contributed by atoms with Crippen molar-refractivity contribution in [1.82, 2.24) is 28.7 Å². The molecule has 9 nitrogen and oxygen atoms in total. The molecule has 0 spiro atoms. The van der Waals surface area contributed by atoms with Gasteiger partial charge in [0.2, 0.25) is 0 Å². The lowest BCUT2D eigenvalue weighted by atomic mass is 10.1. The minimum absolute atomic E-state index is 0.554. The number of para-hydroxylation sites is 6. The molecule has 0 aliphatic carbocycles. The molecule has 19 rings (SSSR count). The van der Waals surface area contributed by atoms with E-state index in [-0.39, 0.29) is 0 Å². The number of aromatic nitrogens is 6. The van der Waals surface area contributed by atoms with Gasteiger partial charge in [-0.25, -0.2) is 15.0 Å². The predicted molar refractivity (Wildman–Crippen MR) is 341 cm³/mol. The Hall–Kier alpha value is -11.6. The molecule has 0 bridgehead atoms. The summed E-state index contributed by atoms with van der Waals surface area (Å²) in [4.78, 5) is 16.1. The van der Waals surface area contributed by atoms with Gasteiger partial charge in [0.25, 0.3) is 0 Å². The molecule has 0 atom stereocenters. The topological polar surface area (TPSA) is 92.9 Å². The van der Waals surface area contributed by atoms with E-state index >= 15 is 0 Å². The van der Waals surface area contributed by atoms with Gasteiger partial charge in [0, 0.05) is 82.2 Å². The van der Waals surface area contributed by atoms with Crippen LogP contribution >= 0.6 is 0 Å². The van der Waals surface area contributed by atoms with E-state index in [4.69, 9.17) is 28.2 Å². The number of benzene rings is 12. The molecule has 0 saturated carbocycles. The lowest BCUT2D eigenvalue weighted by Crippen LogP contribution is -2.02. The van der Waals surface area contributed by atoms with E-state index in [1.807, 2.05) is 36.4 Å². The van der Waals surface area contributed by atoms with Gasteiger partial charge < -0.3 is 27.0 Å². The summed E-state index contributed by atoms with van der Waals surface area (Å²) >= 11 is 0. The monoisotopic (exact) mass is 1070 g/mol. The Bertz CT molecular complexity index is 5740. The molecule has 0 saturated heterocycles. The van der Waals surface area contributed by atoms with Crippen molar-refractivity contribution >= 4 is 131 Å². The van der Waals surface area contributed by atoms with Gasteiger partial charge >= 0.3 is 0 Å². The summed E-state index contributed by atoms with van der Waals surface area (Å²) in [6.07, 6.45) is 0. The van der Waals surface area contributed by atoms with Crippen LogP contribution in [0.1, 0.15) is 0 Å². The standard InChI is InChI=1S/C75H42N6O3/c1-7-22-58-49(16-1)52-36-39-64-67(55-19-4-10-25-61(55)82-64)70(52)79(58)46-32-28-43(29-33-46)73-76-74(44-30-34-47(35-31-44)80-59-23-8-2-17-50(59)53-37-40-65-68(71(53)80)56-20-5-11-26-62(56)83-65)78-75(77-73)45-14-13-15-48(42-45)81-60-24-9-3-18-51(60)54-38-41-66-69(72(54)81)57-21-6-12-27-63(57)84-66/h1-42H. The molecule has 0 unspecified atom stereocenters. The van der Waals surface area contributed by atoms with E-state index in [1.165, 1.54) is 21.5 Å². The third-order valence-electron chi connectivity index (χ3n) is 17.3. The maximum absolute atomic E-state index is 6.49. The fourth-order valence-corrected chi connectivity index (χ4v) is 13.7. The molecule has 0 fully saturated rings. The second kappa shape index (κ2) is 17.0. The van der Waals surface area contributed by atoms with Crippen LogP contribution in [0.2, 0.25) is 0 Å². The summed E-state index contributed by atoms with van der Waals surface area (Å²) in [5.41, 5.74) is 17.3. The molecule has 0 amide bonds. The fraction of sp³-hybridized carbons (Fsp3) is 0. The van der Waals surface area contributed by atoms with Crippen molar-refractivity contribution in [3.8, 4) is 51.2 Å². The number of rotatable bonds is 6. The molecule has 7 heterocycles. The van der Waals surface area contributed by atoms with Crippen molar-refractivity contribution in [3.63, 3.8) is 0 Å². The van der Waals surface area contributed by atoms with Crippen molar-refractivity contribution in [2.24, 2.45) is 0 Å². The molecule has 7 aromatic heterocycles. The average Bonchev–Trinajstić information content (AvgIpc) is 2.19. The number of hydrogen-bond donors (Lipinski definition) is 0. The van der Waals surface area contributed by atoms with Gasteiger partial charge in [-0.05, 0) is 133 Å². The van der Waals surface area contributed by atoms with E-state index in [1.54, 1.807) is 0 Å². The largest absolute Gasteiger partial charge is 0.456 e. The Morgan fingerprint density at radius 2 is 0.560 bits per heavy atom. The van der Waals surface area contributed by atoms with Crippen molar-refractivity contribution in [2.75, 3.05) is 0 Å². The van der Waals surface area contributed by atoms with Crippen LogP contribution in [-0.4, -0.2) is 28.7 Å². The molecule has 0 aliphatic rings. The summed E-state index contributed by atoms with van der Waals surface area (Å²) in [6, 6.07) is 89.4. The van der Waals surface area contributed by atoms with Crippen molar-refractivity contribution in [3.05, 3.63) is 255 Å². The summed E-state index contributed by atoms with van der Waals surface area (Å²) in [7, 11) is 0. The van der Waals surface area contributed by atoms with Gasteiger partial charge in [0.05, 0.1) is 49.3 Å². The summed E-state index contributed by atoms with van der Waals surface area (Å²) in [5, 5.41) is 13.5. The van der Waals surface area contributed by atoms with Gasteiger partial charge in [-0.2, -0.15) is 0 Å². The zero-order valence-corrected chi connectivity index (χ0v) is 44.7. The Balaban J connectivity index is 0.801. The Labute approximate surface area is 476 Å². The van der Waals surface area contributed by atoms with Crippen molar-refractivity contribution < 1.29 is 13.3 Å². The third kappa shape index (κ3) is 6.34. The van der Waals surface area contributed by atoms with E-state index in [9.17, 15) is 0 Å². The van der Waals surface area contributed by atoms with E-state index in [0.717, 1.165) is 143 Å². The molecule has 9 heteroatoms. The van der Waals surface area contributed by atoms with Gasteiger partial charge in [-0.1, -0.05) is 121 Å². The van der Waals surface area contributed by atoms with Crippen LogP contribution in [0.15, 0.2) is 268 Å². The van der Waals surface area contributed by atoms with Crippen LogP contribution in [0.5, 0.6) is 0 Å². The third-order valence-corrected chi connectivity index (χ3v) is 17.3. The number of nitrogens with zero attached hydrogens (tertiary/aromatic N) is 6. The Kier molecular flexibility index (Phi) is 9.15. The molecule has 0 aliphatic heterocycles. The minimum atomic E-state index is 0.554. The lowest BCUT2D eigenvalue weighted by molar-refractivity contribution is 0.669.